The molecule has 2 aromatic heterocycles. The normalized spacial score (nSPS) is 15.8. The number of ether oxygens (including phenoxy) is 2. The van der Waals surface area contributed by atoms with Crippen LogP contribution in [0, 0.1) is 17.5 Å². The second-order valence-corrected chi connectivity index (χ2v) is 10.8. The van der Waals surface area contributed by atoms with Crippen LogP contribution >= 0.6 is 11.8 Å². The number of halogens is 3. The molecule has 0 amide bonds. The quantitative estimate of drug-likeness (QED) is 0.138. The van der Waals surface area contributed by atoms with Crippen LogP contribution in [0.25, 0.3) is 22.4 Å². The number of oxazole rings is 1. The number of aldehydes is 1. The Hall–Kier alpha value is -4.22. The van der Waals surface area contributed by atoms with Gasteiger partial charge in [0, 0.05) is 36.1 Å². The number of para-hydroxylation sites is 1. The van der Waals surface area contributed by atoms with Gasteiger partial charge in [0.2, 0.25) is 11.7 Å². The van der Waals surface area contributed by atoms with E-state index in [0.717, 1.165) is 30.3 Å². The van der Waals surface area contributed by atoms with Crippen LogP contribution in [0.5, 0.6) is 17.2 Å². The Morgan fingerprint density at radius 3 is 2.74 bits per heavy atom. The van der Waals surface area contributed by atoms with Crippen LogP contribution in [-0.4, -0.2) is 41.3 Å². The first-order chi connectivity index (χ1) is 20.9. The molecule has 0 aliphatic carbocycles. The van der Waals surface area contributed by atoms with Crippen LogP contribution in [0.15, 0.2) is 64.2 Å². The van der Waals surface area contributed by atoms with Crippen LogP contribution in [0.3, 0.4) is 0 Å². The molecule has 224 valence electrons. The van der Waals surface area contributed by atoms with Crippen molar-refractivity contribution in [2.75, 3.05) is 20.0 Å². The highest BCUT2D eigenvalue weighted by Gasteiger charge is 2.39. The number of carbonyl (C=O) groups is 1. The van der Waals surface area contributed by atoms with E-state index in [1.54, 1.807) is 12.3 Å². The lowest BCUT2D eigenvalue weighted by Crippen LogP contribution is -2.32. The number of hydrogen-bond donors (Lipinski definition) is 2. The minimum atomic E-state index is -1.15. The highest BCUT2D eigenvalue weighted by atomic mass is 32.2. The minimum absolute atomic E-state index is 0.0127. The number of nitrogens with zero attached hydrogens (tertiary/aromatic N) is 1. The topological polar surface area (TPSA) is 97.6 Å². The number of nitrogens with one attached hydrogen (secondary N) is 1. The highest BCUT2D eigenvalue weighted by molar-refractivity contribution is 7.99. The van der Waals surface area contributed by atoms with Gasteiger partial charge in [0.05, 0.1) is 28.3 Å². The van der Waals surface area contributed by atoms with E-state index < -0.39 is 22.9 Å². The predicted molar refractivity (Wildman–Crippen MR) is 158 cm³/mol. The lowest BCUT2D eigenvalue weighted by atomic mass is 9.74. The summed E-state index contributed by atoms with van der Waals surface area (Å²) in [4.78, 5) is 18.7. The Morgan fingerprint density at radius 2 is 1.98 bits per heavy atom. The van der Waals surface area contributed by atoms with Gasteiger partial charge in [-0.25, -0.2) is 13.8 Å². The summed E-state index contributed by atoms with van der Waals surface area (Å²) < 4.78 is 62.4. The molecule has 7 nitrogen and oxygen atoms in total. The van der Waals surface area contributed by atoms with Crippen molar-refractivity contribution >= 4 is 29.0 Å². The molecule has 5 aromatic rings. The number of aryl methyl sites for hydroxylation is 1. The number of carbonyl (C=O) groups excluding carboxylic acids is 1. The number of benzene rings is 3. The fraction of sp³-hybridized carbons (Fsp3) is 0.250. The second-order valence-electron chi connectivity index (χ2n) is 9.97. The van der Waals surface area contributed by atoms with E-state index in [1.807, 2.05) is 25.1 Å². The first kappa shape index (κ1) is 30.2. The lowest BCUT2D eigenvalue weighted by Gasteiger charge is -2.35. The van der Waals surface area contributed by atoms with Gasteiger partial charge in [-0.2, -0.15) is 4.39 Å². The molecular weight excluding hydrogens is 581 g/mol. The zero-order valence-corrected chi connectivity index (χ0v) is 24.5. The van der Waals surface area contributed by atoms with Crippen molar-refractivity contribution in [3.8, 4) is 28.7 Å². The largest absolute Gasteiger partial charge is 0.493 e. The zero-order valence-electron chi connectivity index (χ0n) is 23.7. The molecule has 0 radical (unpaired) electrons. The third-order valence-corrected chi connectivity index (χ3v) is 8.36. The molecule has 0 bridgehead atoms. The number of hydrogen-bond acceptors (Lipinski definition) is 7. The summed E-state index contributed by atoms with van der Waals surface area (Å²) in [5.74, 6) is -2.27. The summed E-state index contributed by atoms with van der Waals surface area (Å²) in [7, 11) is 1.00. The van der Waals surface area contributed by atoms with Crippen LogP contribution in [0.4, 0.5) is 13.2 Å². The summed E-state index contributed by atoms with van der Waals surface area (Å²) in [6.45, 7) is 2.46. The Kier molecular flexibility index (Phi) is 8.84. The maximum Gasteiger partial charge on any atom is 0.229 e. The van der Waals surface area contributed by atoms with E-state index in [0.29, 0.717) is 41.8 Å². The van der Waals surface area contributed by atoms with Gasteiger partial charge in [-0.05, 0) is 55.9 Å². The summed E-state index contributed by atoms with van der Waals surface area (Å²) in [6, 6.07) is 11.3. The number of aromatic nitrogens is 2. The molecule has 2 N–H and O–H groups in total. The van der Waals surface area contributed by atoms with Gasteiger partial charge in [-0.3, -0.25) is 0 Å². The van der Waals surface area contributed by atoms with Gasteiger partial charge in [0.1, 0.15) is 29.9 Å². The fourth-order valence-corrected chi connectivity index (χ4v) is 6.03. The van der Waals surface area contributed by atoms with Crippen LogP contribution in [-0.2, 0) is 16.6 Å². The molecule has 6 rings (SSSR count). The molecule has 11 heteroatoms. The monoisotopic (exact) mass is 610 g/mol. The number of fused-ring (bicyclic) bond motifs is 2. The maximum absolute atomic E-state index is 15.1. The van der Waals surface area contributed by atoms with Crippen molar-refractivity contribution in [3.05, 3.63) is 89.2 Å². The number of aliphatic hydroxyl groups is 1. The summed E-state index contributed by atoms with van der Waals surface area (Å²) in [6.07, 6.45) is 7.19. The summed E-state index contributed by atoms with van der Waals surface area (Å²) in [5, 5.41) is 7.48. The van der Waals surface area contributed by atoms with Crippen molar-refractivity contribution < 1.29 is 37.0 Å². The van der Waals surface area contributed by atoms with Crippen LogP contribution < -0.4 is 9.47 Å². The average molecular weight is 611 g/mol. The molecule has 0 saturated heterocycles. The summed E-state index contributed by atoms with van der Waals surface area (Å²) in [5.41, 5.74) is 1.91. The highest BCUT2D eigenvalue weighted by Crippen LogP contribution is 2.46. The SMILES string of the molecule is CO.CSc1c(Oc2ccc(F)c(-c3nc(C4(C)CCOc5c(CCC=O)cccc54)co3)c2)c(F)c(F)c2[nH]ccc12. The number of rotatable bonds is 8. The van der Waals surface area contributed by atoms with E-state index in [4.69, 9.17) is 19.0 Å². The Balaban J connectivity index is 0.00000180. The van der Waals surface area contributed by atoms with Crippen LogP contribution in [0.2, 0.25) is 0 Å². The van der Waals surface area contributed by atoms with Gasteiger partial charge in [-0.1, -0.05) is 18.2 Å². The van der Waals surface area contributed by atoms with Crippen molar-refractivity contribution in [1.82, 2.24) is 9.97 Å². The molecule has 1 aliphatic heterocycles. The fourth-order valence-electron chi connectivity index (χ4n) is 5.32. The second kappa shape index (κ2) is 12.6. The Labute approximate surface area is 250 Å². The predicted octanol–water partition coefficient (Wildman–Crippen LogP) is 7.58. The number of aromatic amines is 1. The van der Waals surface area contributed by atoms with Gasteiger partial charge in [0.15, 0.2) is 11.6 Å². The van der Waals surface area contributed by atoms with Crippen molar-refractivity contribution in [3.63, 3.8) is 0 Å². The molecule has 0 fully saturated rings. The summed E-state index contributed by atoms with van der Waals surface area (Å²) >= 11 is 1.21. The third-order valence-electron chi connectivity index (χ3n) is 7.54. The molecule has 43 heavy (non-hydrogen) atoms. The maximum atomic E-state index is 15.1. The molecule has 3 aromatic carbocycles. The number of H-pyrrole nitrogens is 1. The first-order valence-electron chi connectivity index (χ1n) is 13.4. The third kappa shape index (κ3) is 5.38. The average Bonchev–Trinajstić information content (AvgIpc) is 3.72. The number of thioether (sulfide) groups is 1. The molecule has 3 heterocycles. The van der Waals surface area contributed by atoms with Crippen molar-refractivity contribution in [2.45, 2.75) is 36.5 Å². The van der Waals surface area contributed by atoms with Crippen LogP contribution in [0.1, 0.15) is 36.6 Å². The zero-order chi connectivity index (χ0) is 30.7. The Morgan fingerprint density at radius 1 is 1.16 bits per heavy atom. The first-order valence-corrected chi connectivity index (χ1v) is 14.7. The van der Waals surface area contributed by atoms with E-state index in [9.17, 15) is 9.18 Å². The van der Waals surface area contributed by atoms with Gasteiger partial charge in [0.25, 0.3) is 0 Å². The van der Waals surface area contributed by atoms with E-state index >= 15 is 8.78 Å². The van der Waals surface area contributed by atoms with E-state index in [2.05, 4.69) is 9.97 Å². The van der Waals surface area contributed by atoms with Crippen molar-refractivity contribution in [2.24, 2.45) is 0 Å². The van der Waals surface area contributed by atoms with Crippen molar-refractivity contribution in [1.29, 1.82) is 0 Å². The molecule has 1 unspecified atom stereocenters. The van der Waals surface area contributed by atoms with E-state index in [-0.39, 0.29) is 28.5 Å². The van der Waals surface area contributed by atoms with Gasteiger partial charge < -0.3 is 28.8 Å². The molecule has 0 spiro atoms. The molecular formula is C32H29F3N2O5S. The Bertz CT molecular complexity index is 1790. The minimum Gasteiger partial charge on any atom is -0.493 e. The standard InChI is InChI=1S/C31H25F3N2O4S.CH4O/c1-31(11-14-38-27-17(6-4-13-37)5-3-7-21(27)31)23-16-39-30(36-23)20-15-18(8-9-22(20)32)40-28-25(34)24(33)26-19(10-12-35-26)29(28)41-2;1-2/h3,5,7-10,12-13,15-16,35H,4,6,11,14H2,1-2H3;2H,1H3. The number of aliphatic hydroxyl groups excluding tert-OH is 1. The molecule has 0 saturated carbocycles. The molecule has 1 atom stereocenters. The van der Waals surface area contributed by atoms with Gasteiger partial charge >= 0.3 is 0 Å². The van der Waals surface area contributed by atoms with E-state index in [1.165, 1.54) is 42.4 Å². The molecule has 1 aliphatic rings. The lowest BCUT2D eigenvalue weighted by molar-refractivity contribution is -0.107. The smallest absolute Gasteiger partial charge is 0.229 e. The van der Waals surface area contributed by atoms with Gasteiger partial charge in [-0.15, -0.1) is 11.8 Å².